The van der Waals surface area contributed by atoms with Gasteiger partial charge in [-0.15, -0.1) is 0 Å². The van der Waals surface area contributed by atoms with Crippen LogP contribution in [0.5, 0.6) is 5.75 Å². The number of hydrogen-bond donors (Lipinski definition) is 1. The lowest BCUT2D eigenvalue weighted by molar-refractivity contribution is 0.0213. The van der Waals surface area contributed by atoms with Crippen molar-refractivity contribution in [3.63, 3.8) is 0 Å². The summed E-state index contributed by atoms with van der Waals surface area (Å²) in [5, 5.41) is 9.82. The van der Waals surface area contributed by atoms with Crippen molar-refractivity contribution in [2.45, 2.75) is 38.8 Å². The summed E-state index contributed by atoms with van der Waals surface area (Å²) < 4.78 is 5.53. The van der Waals surface area contributed by atoms with E-state index in [2.05, 4.69) is 12.1 Å². The number of carbonyl (C=O) groups excluding carboxylic acids is 1. The molecule has 0 aliphatic carbocycles. The van der Waals surface area contributed by atoms with E-state index >= 15 is 0 Å². The predicted octanol–water partition coefficient (Wildman–Crippen LogP) is 4.27. The standard InChI is InChI=1S/C20H23NO3/c1-20(2,3)24-19(23)21-12-15-11-16(22)9-10-17(15)18(13-21)14-7-5-4-6-8-14/h4-11,18,22H,12-13H2,1-3H3. The van der Waals surface area contributed by atoms with Gasteiger partial charge in [-0.3, -0.25) is 0 Å². The Morgan fingerprint density at radius 1 is 1.17 bits per heavy atom. The average molecular weight is 325 g/mol. The van der Waals surface area contributed by atoms with Crippen molar-refractivity contribution in [2.24, 2.45) is 0 Å². The maximum atomic E-state index is 12.5. The first kappa shape index (κ1) is 16.4. The van der Waals surface area contributed by atoms with E-state index in [0.29, 0.717) is 13.1 Å². The van der Waals surface area contributed by atoms with E-state index < -0.39 is 5.60 Å². The summed E-state index contributed by atoms with van der Waals surface area (Å²) in [5.74, 6) is 0.287. The Kier molecular flexibility index (Phi) is 4.22. The van der Waals surface area contributed by atoms with Crippen LogP contribution in [0.2, 0.25) is 0 Å². The quantitative estimate of drug-likeness (QED) is 0.851. The van der Waals surface area contributed by atoms with Crippen LogP contribution in [0.3, 0.4) is 0 Å². The first-order valence-electron chi connectivity index (χ1n) is 8.18. The van der Waals surface area contributed by atoms with E-state index in [1.165, 1.54) is 0 Å². The zero-order chi connectivity index (χ0) is 17.3. The molecule has 0 spiro atoms. The first-order valence-corrected chi connectivity index (χ1v) is 8.18. The van der Waals surface area contributed by atoms with Gasteiger partial charge in [-0.1, -0.05) is 36.4 Å². The summed E-state index contributed by atoms with van der Waals surface area (Å²) in [6.45, 7) is 6.61. The molecule has 1 unspecified atom stereocenters. The molecule has 2 aromatic carbocycles. The number of benzene rings is 2. The molecule has 1 heterocycles. The molecule has 1 atom stereocenters. The molecule has 3 rings (SSSR count). The van der Waals surface area contributed by atoms with Crippen LogP contribution in [0.25, 0.3) is 0 Å². The molecule has 0 radical (unpaired) electrons. The molecule has 0 fully saturated rings. The van der Waals surface area contributed by atoms with Gasteiger partial charge < -0.3 is 14.7 Å². The lowest BCUT2D eigenvalue weighted by atomic mass is 9.84. The molecule has 0 saturated heterocycles. The molecule has 0 aromatic heterocycles. The van der Waals surface area contributed by atoms with Gasteiger partial charge in [-0.25, -0.2) is 4.79 Å². The highest BCUT2D eigenvalue weighted by Crippen LogP contribution is 2.35. The molecule has 1 aliphatic rings. The van der Waals surface area contributed by atoms with Crippen LogP contribution in [0.15, 0.2) is 48.5 Å². The Balaban J connectivity index is 1.96. The first-order chi connectivity index (χ1) is 11.3. The Hall–Kier alpha value is -2.49. The maximum Gasteiger partial charge on any atom is 0.410 e. The van der Waals surface area contributed by atoms with Crippen LogP contribution in [0.1, 0.15) is 43.4 Å². The zero-order valence-corrected chi connectivity index (χ0v) is 14.3. The van der Waals surface area contributed by atoms with Crippen LogP contribution in [0, 0.1) is 0 Å². The summed E-state index contributed by atoms with van der Waals surface area (Å²) in [6.07, 6.45) is -0.322. The van der Waals surface area contributed by atoms with Crippen LogP contribution in [0.4, 0.5) is 4.79 Å². The van der Waals surface area contributed by atoms with E-state index in [9.17, 15) is 9.90 Å². The SMILES string of the molecule is CC(C)(C)OC(=O)N1Cc2cc(O)ccc2C(c2ccccc2)C1. The Morgan fingerprint density at radius 2 is 1.88 bits per heavy atom. The molecule has 1 aliphatic heterocycles. The normalized spacial score (nSPS) is 17.3. The molecule has 0 bridgehead atoms. The van der Waals surface area contributed by atoms with Crippen molar-refractivity contribution in [1.29, 1.82) is 0 Å². The third kappa shape index (κ3) is 3.53. The van der Waals surface area contributed by atoms with Gasteiger partial charge in [-0.2, -0.15) is 0 Å². The van der Waals surface area contributed by atoms with Gasteiger partial charge in [0.1, 0.15) is 11.4 Å². The van der Waals surface area contributed by atoms with Crippen molar-refractivity contribution in [3.05, 3.63) is 65.2 Å². The van der Waals surface area contributed by atoms with Crippen molar-refractivity contribution in [2.75, 3.05) is 6.54 Å². The van der Waals surface area contributed by atoms with Gasteiger partial charge in [0.25, 0.3) is 0 Å². The van der Waals surface area contributed by atoms with Crippen molar-refractivity contribution < 1.29 is 14.6 Å². The molecule has 4 heteroatoms. The predicted molar refractivity (Wildman–Crippen MR) is 93.0 cm³/mol. The number of amides is 1. The molecule has 126 valence electrons. The third-order valence-corrected chi connectivity index (χ3v) is 4.12. The molecule has 1 N–H and O–H groups in total. The van der Waals surface area contributed by atoms with E-state index in [0.717, 1.165) is 16.7 Å². The molecular weight excluding hydrogens is 302 g/mol. The van der Waals surface area contributed by atoms with Gasteiger partial charge in [0.05, 0.1) is 0 Å². The fraction of sp³-hybridized carbons (Fsp3) is 0.350. The largest absolute Gasteiger partial charge is 0.508 e. The van der Waals surface area contributed by atoms with Gasteiger partial charge in [0.2, 0.25) is 0 Å². The third-order valence-electron chi connectivity index (χ3n) is 4.12. The van der Waals surface area contributed by atoms with Gasteiger partial charge in [0, 0.05) is 19.0 Å². The molecule has 1 amide bonds. The van der Waals surface area contributed by atoms with Crippen LogP contribution >= 0.6 is 0 Å². The summed E-state index contributed by atoms with van der Waals surface area (Å²) in [6, 6.07) is 15.5. The minimum absolute atomic E-state index is 0.0723. The number of hydrogen-bond acceptors (Lipinski definition) is 3. The minimum Gasteiger partial charge on any atom is -0.508 e. The smallest absolute Gasteiger partial charge is 0.410 e. The van der Waals surface area contributed by atoms with E-state index in [-0.39, 0.29) is 17.8 Å². The number of aromatic hydroxyl groups is 1. The Morgan fingerprint density at radius 3 is 2.54 bits per heavy atom. The van der Waals surface area contributed by atoms with Gasteiger partial charge >= 0.3 is 6.09 Å². The number of phenols is 1. The van der Waals surface area contributed by atoms with Crippen LogP contribution < -0.4 is 0 Å². The van der Waals surface area contributed by atoms with E-state index in [4.69, 9.17) is 4.74 Å². The zero-order valence-electron chi connectivity index (χ0n) is 14.3. The van der Waals surface area contributed by atoms with Crippen molar-refractivity contribution >= 4 is 6.09 Å². The maximum absolute atomic E-state index is 12.5. The number of rotatable bonds is 1. The molecule has 2 aromatic rings. The number of fused-ring (bicyclic) bond motifs is 1. The van der Waals surface area contributed by atoms with Crippen molar-refractivity contribution in [3.8, 4) is 5.75 Å². The second-order valence-electron chi connectivity index (χ2n) is 7.21. The Labute approximate surface area is 142 Å². The Bertz CT molecular complexity index is 734. The lowest BCUT2D eigenvalue weighted by Crippen LogP contribution is -2.41. The van der Waals surface area contributed by atoms with Crippen molar-refractivity contribution in [1.82, 2.24) is 4.90 Å². The number of carbonyl (C=O) groups is 1. The van der Waals surface area contributed by atoms with E-state index in [1.807, 2.05) is 45.0 Å². The second-order valence-corrected chi connectivity index (χ2v) is 7.21. The monoisotopic (exact) mass is 325 g/mol. The fourth-order valence-corrected chi connectivity index (χ4v) is 3.09. The second kappa shape index (κ2) is 6.19. The summed E-state index contributed by atoms with van der Waals surface area (Å²) >= 11 is 0. The highest BCUT2D eigenvalue weighted by atomic mass is 16.6. The highest BCUT2D eigenvalue weighted by Gasteiger charge is 2.31. The molecular formula is C20H23NO3. The van der Waals surface area contributed by atoms with Gasteiger partial charge in [-0.05, 0) is 49.6 Å². The summed E-state index contributed by atoms with van der Waals surface area (Å²) in [7, 11) is 0. The van der Waals surface area contributed by atoms with Crippen LogP contribution in [-0.2, 0) is 11.3 Å². The number of nitrogens with zero attached hydrogens (tertiary/aromatic N) is 1. The molecule has 24 heavy (non-hydrogen) atoms. The lowest BCUT2D eigenvalue weighted by Gasteiger charge is -2.36. The molecule has 4 nitrogen and oxygen atoms in total. The highest BCUT2D eigenvalue weighted by molar-refractivity contribution is 5.69. The average Bonchev–Trinajstić information content (AvgIpc) is 2.52. The summed E-state index contributed by atoms with van der Waals surface area (Å²) in [5.41, 5.74) is 2.73. The summed E-state index contributed by atoms with van der Waals surface area (Å²) in [4.78, 5) is 14.2. The van der Waals surface area contributed by atoms with E-state index in [1.54, 1.807) is 17.0 Å². The number of ether oxygens (including phenoxy) is 1. The fourth-order valence-electron chi connectivity index (χ4n) is 3.09. The molecule has 0 saturated carbocycles. The van der Waals surface area contributed by atoms with Crippen LogP contribution in [-0.4, -0.2) is 28.2 Å². The minimum atomic E-state index is -0.529. The topological polar surface area (TPSA) is 49.8 Å². The van der Waals surface area contributed by atoms with Gasteiger partial charge in [0.15, 0.2) is 0 Å². The number of phenolic OH excluding ortho intramolecular Hbond substituents is 1.